The van der Waals surface area contributed by atoms with E-state index in [0.717, 1.165) is 24.4 Å². The molecule has 0 radical (unpaired) electrons. The molecule has 1 aliphatic carbocycles. The molecule has 2 atom stereocenters. The number of fused-ring (bicyclic) bond motifs is 1. The third-order valence-corrected chi connectivity index (χ3v) is 5.28. The maximum Gasteiger partial charge on any atom is 0.147 e. The van der Waals surface area contributed by atoms with Gasteiger partial charge in [-0.1, -0.05) is 6.42 Å². The van der Waals surface area contributed by atoms with Gasteiger partial charge in [-0.3, -0.25) is 0 Å². The molecule has 1 aliphatic rings. The Morgan fingerprint density at radius 3 is 3.05 bits per heavy atom. The zero-order valence-electron chi connectivity index (χ0n) is 11.2. The van der Waals surface area contributed by atoms with Crippen molar-refractivity contribution in [2.45, 2.75) is 26.2 Å². The number of aromatic nitrogens is 2. The fourth-order valence-corrected chi connectivity index (χ4v) is 3.98. The number of nitrogens with zero attached hydrogens (tertiary/aromatic N) is 2. The van der Waals surface area contributed by atoms with Gasteiger partial charge in [0.1, 0.15) is 12.1 Å². The minimum Gasteiger partial charge on any atom is -0.368 e. The first-order valence-corrected chi connectivity index (χ1v) is 7.80. The van der Waals surface area contributed by atoms with Gasteiger partial charge in [0.25, 0.3) is 0 Å². The minimum absolute atomic E-state index is 0.676. The Morgan fingerprint density at radius 2 is 2.21 bits per heavy atom. The second-order valence-corrected chi connectivity index (χ2v) is 6.27. The maximum absolute atomic E-state index is 5.84. The third-order valence-electron chi connectivity index (χ3n) is 4.18. The first-order valence-electron chi connectivity index (χ1n) is 6.92. The predicted octanol–water partition coefficient (Wildman–Crippen LogP) is 2.79. The van der Waals surface area contributed by atoms with Crippen LogP contribution in [0.3, 0.4) is 0 Å². The van der Waals surface area contributed by atoms with E-state index in [2.05, 4.69) is 27.6 Å². The molecule has 0 aromatic carbocycles. The molecule has 0 spiro atoms. The van der Waals surface area contributed by atoms with Crippen molar-refractivity contribution in [2.24, 2.45) is 17.6 Å². The fraction of sp³-hybridized carbons (Fsp3) is 0.571. The quantitative estimate of drug-likeness (QED) is 0.901. The van der Waals surface area contributed by atoms with Crippen LogP contribution in [-0.2, 0) is 0 Å². The lowest BCUT2D eigenvalue weighted by Crippen LogP contribution is -2.24. The number of thiophene rings is 1. The second kappa shape index (κ2) is 5.43. The normalized spacial score (nSPS) is 23.1. The summed E-state index contributed by atoms with van der Waals surface area (Å²) < 4.78 is 1.17. The zero-order chi connectivity index (χ0) is 13.2. The van der Waals surface area contributed by atoms with Crippen molar-refractivity contribution in [1.29, 1.82) is 0 Å². The Bertz CT molecular complexity index is 566. The standard InChI is InChI=1S/C14H20N4S/c1-9-7-19-13-12(9)17-8-18-14(13)16-6-11-4-2-3-10(11)5-15/h7-8,10-11H,2-6,15H2,1H3,(H,16,17,18). The van der Waals surface area contributed by atoms with E-state index < -0.39 is 0 Å². The second-order valence-electron chi connectivity index (χ2n) is 5.39. The van der Waals surface area contributed by atoms with E-state index in [-0.39, 0.29) is 0 Å². The van der Waals surface area contributed by atoms with Crippen LogP contribution in [0.1, 0.15) is 24.8 Å². The zero-order valence-corrected chi connectivity index (χ0v) is 12.0. The van der Waals surface area contributed by atoms with E-state index in [1.165, 1.54) is 29.5 Å². The summed E-state index contributed by atoms with van der Waals surface area (Å²) >= 11 is 1.72. The van der Waals surface area contributed by atoms with Crippen LogP contribution in [0.2, 0.25) is 0 Å². The summed E-state index contributed by atoms with van der Waals surface area (Å²) in [6.07, 6.45) is 5.53. The Morgan fingerprint density at radius 1 is 1.37 bits per heavy atom. The summed E-state index contributed by atoms with van der Waals surface area (Å²) in [5, 5.41) is 5.65. The van der Waals surface area contributed by atoms with Crippen molar-refractivity contribution >= 4 is 27.4 Å². The number of hydrogen-bond acceptors (Lipinski definition) is 5. The van der Waals surface area contributed by atoms with Gasteiger partial charge in [-0.05, 0) is 49.1 Å². The first-order chi connectivity index (χ1) is 9.29. The molecule has 2 unspecified atom stereocenters. The lowest BCUT2D eigenvalue weighted by Gasteiger charge is -2.18. The van der Waals surface area contributed by atoms with Crippen molar-refractivity contribution in [1.82, 2.24) is 9.97 Å². The highest BCUT2D eigenvalue weighted by atomic mass is 32.1. The molecule has 4 nitrogen and oxygen atoms in total. The molecule has 2 aromatic rings. The van der Waals surface area contributed by atoms with Crippen molar-refractivity contribution in [3.63, 3.8) is 0 Å². The van der Waals surface area contributed by atoms with Crippen molar-refractivity contribution < 1.29 is 0 Å². The number of anilines is 1. The fourth-order valence-electron chi connectivity index (χ4n) is 3.02. The van der Waals surface area contributed by atoms with Gasteiger partial charge < -0.3 is 11.1 Å². The molecule has 5 heteroatoms. The van der Waals surface area contributed by atoms with Crippen LogP contribution in [0.4, 0.5) is 5.82 Å². The first kappa shape index (κ1) is 12.8. The van der Waals surface area contributed by atoms with E-state index >= 15 is 0 Å². The number of nitrogens with two attached hydrogens (primary N) is 1. The molecule has 2 aromatic heterocycles. The van der Waals surface area contributed by atoms with E-state index in [9.17, 15) is 0 Å². The Kier molecular flexibility index (Phi) is 3.66. The van der Waals surface area contributed by atoms with E-state index in [1.807, 2.05) is 0 Å². The molecule has 0 bridgehead atoms. The molecule has 102 valence electrons. The maximum atomic E-state index is 5.84. The van der Waals surface area contributed by atoms with Crippen LogP contribution in [0.25, 0.3) is 10.2 Å². The highest BCUT2D eigenvalue weighted by molar-refractivity contribution is 7.18. The minimum atomic E-state index is 0.676. The monoisotopic (exact) mass is 276 g/mol. The molecule has 1 saturated carbocycles. The van der Waals surface area contributed by atoms with Gasteiger partial charge in [-0.2, -0.15) is 0 Å². The average Bonchev–Trinajstić information content (AvgIpc) is 3.03. The van der Waals surface area contributed by atoms with Crippen LogP contribution in [-0.4, -0.2) is 23.1 Å². The molecule has 3 N–H and O–H groups in total. The Balaban J connectivity index is 1.75. The summed E-state index contributed by atoms with van der Waals surface area (Å²) in [4.78, 5) is 8.74. The van der Waals surface area contributed by atoms with Crippen LogP contribution >= 0.6 is 11.3 Å². The van der Waals surface area contributed by atoms with Crippen LogP contribution in [0.15, 0.2) is 11.7 Å². The van der Waals surface area contributed by atoms with Crippen molar-refractivity contribution in [2.75, 3.05) is 18.4 Å². The summed E-state index contributed by atoms with van der Waals surface area (Å²) in [7, 11) is 0. The highest BCUT2D eigenvalue weighted by Gasteiger charge is 2.25. The van der Waals surface area contributed by atoms with Gasteiger partial charge in [0.2, 0.25) is 0 Å². The smallest absolute Gasteiger partial charge is 0.147 e. The third kappa shape index (κ3) is 2.44. The molecular formula is C14H20N4S. The predicted molar refractivity (Wildman–Crippen MR) is 80.5 cm³/mol. The highest BCUT2D eigenvalue weighted by Crippen LogP contribution is 2.32. The number of hydrogen-bond donors (Lipinski definition) is 2. The molecule has 0 aliphatic heterocycles. The Hall–Kier alpha value is -1.20. The van der Waals surface area contributed by atoms with Gasteiger partial charge in [0.05, 0.1) is 10.2 Å². The average molecular weight is 276 g/mol. The van der Waals surface area contributed by atoms with Crippen LogP contribution < -0.4 is 11.1 Å². The molecule has 1 fully saturated rings. The van der Waals surface area contributed by atoms with Gasteiger partial charge in [-0.25, -0.2) is 9.97 Å². The molecule has 19 heavy (non-hydrogen) atoms. The van der Waals surface area contributed by atoms with Crippen LogP contribution in [0, 0.1) is 18.8 Å². The largest absolute Gasteiger partial charge is 0.368 e. The Labute approximate surface area is 117 Å². The number of aryl methyl sites for hydroxylation is 1. The van der Waals surface area contributed by atoms with E-state index in [4.69, 9.17) is 5.73 Å². The number of rotatable bonds is 4. The van der Waals surface area contributed by atoms with Crippen molar-refractivity contribution in [3.05, 3.63) is 17.3 Å². The summed E-state index contributed by atoms with van der Waals surface area (Å²) in [6.45, 7) is 3.88. The topological polar surface area (TPSA) is 63.8 Å². The SMILES string of the molecule is Cc1csc2c(NCC3CCCC3CN)ncnc12. The van der Waals surface area contributed by atoms with Gasteiger partial charge in [-0.15, -0.1) is 11.3 Å². The molecule has 0 saturated heterocycles. The van der Waals surface area contributed by atoms with Gasteiger partial charge in [0.15, 0.2) is 0 Å². The van der Waals surface area contributed by atoms with Crippen molar-refractivity contribution in [3.8, 4) is 0 Å². The van der Waals surface area contributed by atoms with Crippen LogP contribution in [0.5, 0.6) is 0 Å². The van der Waals surface area contributed by atoms with E-state index in [1.54, 1.807) is 17.7 Å². The molecular weight excluding hydrogens is 256 g/mol. The van der Waals surface area contributed by atoms with Gasteiger partial charge in [0, 0.05) is 6.54 Å². The lowest BCUT2D eigenvalue weighted by molar-refractivity contribution is 0.414. The summed E-state index contributed by atoms with van der Waals surface area (Å²) in [5.74, 6) is 2.34. The lowest BCUT2D eigenvalue weighted by atomic mass is 9.96. The van der Waals surface area contributed by atoms with E-state index in [0.29, 0.717) is 11.8 Å². The summed E-state index contributed by atoms with van der Waals surface area (Å²) in [6, 6.07) is 0. The molecule has 3 rings (SSSR count). The van der Waals surface area contributed by atoms with Gasteiger partial charge >= 0.3 is 0 Å². The number of nitrogens with one attached hydrogen (secondary N) is 1. The molecule has 2 heterocycles. The summed E-state index contributed by atoms with van der Waals surface area (Å²) in [5.41, 5.74) is 8.14. The molecule has 0 amide bonds.